The molecule has 0 spiro atoms. The zero-order valence-electron chi connectivity index (χ0n) is 15.2. The van der Waals surface area contributed by atoms with Gasteiger partial charge in [-0.25, -0.2) is 4.98 Å². The molecule has 0 radical (unpaired) electrons. The third-order valence-electron chi connectivity index (χ3n) is 4.62. The average Bonchev–Trinajstić information content (AvgIpc) is 2.68. The number of aromatic nitrogens is 1. The van der Waals surface area contributed by atoms with Gasteiger partial charge in [0.15, 0.2) is 0 Å². The fourth-order valence-electron chi connectivity index (χ4n) is 3.10. The lowest BCUT2D eigenvalue weighted by molar-refractivity contribution is 0.0934. The normalized spacial score (nSPS) is 13.0. The fraction of sp³-hybridized carbons (Fsp3) is 0.182. The maximum absolute atomic E-state index is 12.7. The Morgan fingerprint density at radius 1 is 1.04 bits per heavy atom. The van der Waals surface area contributed by atoms with E-state index in [9.17, 15) is 4.79 Å². The number of halogens is 3. The van der Waals surface area contributed by atoms with Gasteiger partial charge < -0.3 is 5.32 Å². The van der Waals surface area contributed by atoms with Gasteiger partial charge in [0.25, 0.3) is 5.91 Å². The van der Waals surface area contributed by atoms with E-state index in [1.165, 1.54) is 0 Å². The minimum atomic E-state index is -0.134. The Kier molecular flexibility index (Phi) is 7.11. The summed E-state index contributed by atoms with van der Waals surface area (Å²) in [5, 5.41) is 4.51. The summed E-state index contributed by atoms with van der Waals surface area (Å²) in [5.74, 6) is -0.0571. The molecule has 1 amide bonds. The average molecular weight is 478 g/mol. The quantitative estimate of drug-likeness (QED) is 0.423. The first-order chi connectivity index (χ1) is 13.4. The summed E-state index contributed by atoms with van der Waals surface area (Å²) in [5.41, 5.74) is 2.83. The number of rotatable bonds is 6. The van der Waals surface area contributed by atoms with Crippen molar-refractivity contribution in [2.24, 2.45) is 0 Å². The molecule has 0 aliphatic carbocycles. The molecule has 3 nitrogen and oxygen atoms in total. The summed E-state index contributed by atoms with van der Waals surface area (Å²) >= 11 is 15.4. The highest BCUT2D eigenvalue weighted by Crippen LogP contribution is 2.27. The van der Waals surface area contributed by atoms with Crippen LogP contribution in [0.15, 0.2) is 71.5 Å². The minimum Gasteiger partial charge on any atom is -0.349 e. The van der Waals surface area contributed by atoms with Gasteiger partial charge in [0.1, 0.15) is 4.60 Å². The molecule has 0 bridgehead atoms. The predicted molar refractivity (Wildman–Crippen MR) is 118 cm³/mol. The topological polar surface area (TPSA) is 42.0 Å². The molecule has 1 heterocycles. The number of hydrogen-bond donors (Lipinski definition) is 1. The van der Waals surface area contributed by atoms with Crippen molar-refractivity contribution in [3.63, 3.8) is 0 Å². The molecule has 3 rings (SSSR count). The number of carbonyl (C=O) groups excluding carboxylic acids is 1. The Balaban J connectivity index is 1.83. The summed E-state index contributed by atoms with van der Waals surface area (Å²) in [4.78, 5) is 16.8. The third-order valence-corrected chi connectivity index (χ3v) is 5.56. The first kappa shape index (κ1) is 20.8. The highest BCUT2D eigenvalue weighted by Gasteiger charge is 2.22. The highest BCUT2D eigenvalue weighted by atomic mass is 79.9. The van der Waals surface area contributed by atoms with E-state index >= 15 is 0 Å². The molecule has 1 aromatic heterocycles. The van der Waals surface area contributed by atoms with Crippen molar-refractivity contribution in [3.8, 4) is 0 Å². The molecule has 28 heavy (non-hydrogen) atoms. The number of hydrogen-bond acceptors (Lipinski definition) is 2. The molecule has 3 aromatic rings. The third kappa shape index (κ3) is 5.57. The maximum atomic E-state index is 12.7. The van der Waals surface area contributed by atoms with Gasteiger partial charge in [-0.3, -0.25) is 4.79 Å². The Morgan fingerprint density at radius 2 is 1.64 bits per heavy atom. The van der Waals surface area contributed by atoms with Gasteiger partial charge in [-0.1, -0.05) is 47.5 Å². The molecule has 2 atom stereocenters. The second-order valence-corrected chi connectivity index (χ2v) is 8.30. The van der Waals surface area contributed by atoms with Crippen molar-refractivity contribution < 1.29 is 4.79 Å². The van der Waals surface area contributed by atoms with Crippen LogP contribution in [0.25, 0.3) is 0 Å². The molecule has 0 aliphatic heterocycles. The van der Waals surface area contributed by atoms with Crippen molar-refractivity contribution in [2.45, 2.75) is 25.3 Å². The molecule has 6 heteroatoms. The van der Waals surface area contributed by atoms with E-state index in [4.69, 9.17) is 23.2 Å². The van der Waals surface area contributed by atoms with Crippen LogP contribution in [0.3, 0.4) is 0 Å². The molecule has 0 saturated heterocycles. The molecule has 0 saturated carbocycles. The summed E-state index contributed by atoms with van der Waals surface area (Å²) in [6.45, 7) is 2.02. The number of nitrogens with one attached hydrogen (secondary N) is 1. The fourth-order valence-corrected chi connectivity index (χ4v) is 3.72. The SMILES string of the molecule is C[C@@H](NC(=O)c1ccnc(Br)c1)[C@H](Cc1ccc(Cl)cc1)c1ccc(Cl)cc1. The van der Waals surface area contributed by atoms with Crippen molar-refractivity contribution in [1.82, 2.24) is 10.3 Å². The first-order valence-corrected chi connectivity index (χ1v) is 10.4. The summed E-state index contributed by atoms with van der Waals surface area (Å²) in [6, 6.07) is 18.9. The Bertz CT molecular complexity index is 946. The number of nitrogens with zero attached hydrogens (tertiary/aromatic N) is 1. The van der Waals surface area contributed by atoms with Gasteiger partial charge >= 0.3 is 0 Å². The molecule has 0 unspecified atom stereocenters. The van der Waals surface area contributed by atoms with E-state index < -0.39 is 0 Å². The number of amides is 1. The molecular formula is C22H19BrCl2N2O. The van der Waals surface area contributed by atoms with Crippen molar-refractivity contribution in [3.05, 3.63) is 98.2 Å². The largest absolute Gasteiger partial charge is 0.349 e. The Morgan fingerprint density at radius 3 is 2.25 bits per heavy atom. The van der Waals surface area contributed by atoms with Crippen LogP contribution in [0.1, 0.15) is 34.3 Å². The molecule has 2 aromatic carbocycles. The summed E-state index contributed by atoms with van der Waals surface area (Å²) in [6.07, 6.45) is 2.37. The maximum Gasteiger partial charge on any atom is 0.251 e. The van der Waals surface area contributed by atoms with Gasteiger partial charge in [-0.15, -0.1) is 0 Å². The van der Waals surface area contributed by atoms with Gasteiger partial charge in [0.2, 0.25) is 0 Å². The van der Waals surface area contributed by atoms with Gasteiger partial charge in [0.05, 0.1) is 0 Å². The summed E-state index contributed by atoms with van der Waals surface area (Å²) < 4.78 is 0.628. The van der Waals surface area contributed by atoms with Crippen LogP contribution in [0.5, 0.6) is 0 Å². The van der Waals surface area contributed by atoms with Crippen molar-refractivity contribution in [1.29, 1.82) is 0 Å². The van der Waals surface area contributed by atoms with Crippen LogP contribution in [-0.4, -0.2) is 16.9 Å². The van der Waals surface area contributed by atoms with Gasteiger partial charge in [0, 0.05) is 33.8 Å². The van der Waals surface area contributed by atoms with E-state index in [1.807, 2.05) is 55.5 Å². The number of pyridine rings is 1. The summed E-state index contributed by atoms with van der Waals surface area (Å²) in [7, 11) is 0. The van der Waals surface area contributed by atoms with Crippen LogP contribution in [0.2, 0.25) is 10.0 Å². The van der Waals surface area contributed by atoms with Crippen LogP contribution in [0.4, 0.5) is 0 Å². The zero-order valence-corrected chi connectivity index (χ0v) is 18.3. The van der Waals surface area contributed by atoms with E-state index in [0.29, 0.717) is 20.2 Å². The monoisotopic (exact) mass is 476 g/mol. The van der Waals surface area contributed by atoms with Gasteiger partial charge in [-0.05, 0) is 76.8 Å². The first-order valence-electron chi connectivity index (χ1n) is 8.84. The van der Waals surface area contributed by atoms with Crippen LogP contribution >= 0.6 is 39.1 Å². The van der Waals surface area contributed by atoms with E-state index in [-0.39, 0.29) is 17.9 Å². The molecule has 144 valence electrons. The second kappa shape index (κ2) is 9.55. The van der Waals surface area contributed by atoms with Crippen molar-refractivity contribution >= 4 is 45.0 Å². The zero-order chi connectivity index (χ0) is 20.1. The lowest BCUT2D eigenvalue weighted by atomic mass is 9.86. The molecule has 0 aliphatic rings. The van der Waals surface area contributed by atoms with Gasteiger partial charge in [-0.2, -0.15) is 0 Å². The standard InChI is InChI=1S/C22H19BrCl2N2O/c1-14(27-22(28)17-10-11-26-21(23)13-17)20(16-4-8-19(25)9-5-16)12-15-2-6-18(24)7-3-15/h2-11,13-14,20H,12H2,1H3,(H,27,28)/t14-,20+/m1/s1. The van der Waals surface area contributed by atoms with E-state index in [2.05, 4.69) is 26.2 Å². The van der Waals surface area contributed by atoms with Crippen molar-refractivity contribution in [2.75, 3.05) is 0 Å². The Hall–Kier alpha value is -1.88. The lowest BCUT2D eigenvalue weighted by Crippen LogP contribution is -2.38. The highest BCUT2D eigenvalue weighted by molar-refractivity contribution is 9.10. The number of carbonyl (C=O) groups is 1. The van der Waals surface area contributed by atoms with E-state index in [0.717, 1.165) is 17.5 Å². The lowest BCUT2D eigenvalue weighted by Gasteiger charge is -2.26. The second-order valence-electron chi connectivity index (χ2n) is 6.62. The van der Waals surface area contributed by atoms with Crippen LogP contribution in [0, 0.1) is 0 Å². The molecule has 0 fully saturated rings. The smallest absolute Gasteiger partial charge is 0.251 e. The minimum absolute atomic E-state index is 0.0765. The Labute approximate surface area is 183 Å². The van der Waals surface area contributed by atoms with E-state index in [1.54, 1.807) is 18.3 Å². The predicted octanol–water partition coefficient (Wildman–Crippen LogP) is 6.30. The van der Waals surface area contributed by atoms with Crippen LogP contribution in [-0.2, 0) is 6.42 Å². The molecule has 1 N–H and O–H groups in total. The molecular weight excluding hydrogens is 459 g/mol. The van der Waals surface area contributed by atoms with Crippen LogP contribution < -0.4 is 5.32 Å². The number of benzene rings is 2.